The molecule has 4 rings (SSSR count). The van der Waals surface area contributed by atoms with E-state index in [1.165, 1.54) is 0 Å². The van der Waals surface area contributed by atoms with Gasteiger partial charge in [0.15, 0.2) is 5.11 Å². The number of thiocarbonyl (C=S) groups is 1. The number of carbonyl (C=O) groups is 1. The minimum absolute atomic E-state index is 0.0221. The summed E-state index contributed by atoms with van der Waals surface area (Å²) in [5, 5.41) is 7.04. The second-order valence-electron chi connectivity index (χ2n) is 9.01. The van der Waals surface area contributed by atoms with E-state index in [4.69, 9.17) is 12.2 Å². The Morgan fingerprint density at radius 3 is 2.53 bits per heavy atom. The van der Waals surface area contributed by atoms with Crippen LogP contribution in [0, 0.1) is 0 Å². The van der Waals surface area contributed by atoms with Gasteiger partial charge in [-0.2, -0.15) is 0 Å². The maximum atomic E-state index is 12.6. The number of hydrogen-bond acceptors (Lipinski definition) is 3. The van der Waals surface area contributed by atoms with Gasteiger partial charge in [-0.3, -0.25) is 9.78 Å². The Balaban J connectivity index is 1.57. The lowest BCUT2D eigenvalue weighted by Gasteiger charge is -2.27. The Morgan fingerprint density at radius 1 is 1.12 bits per heavy atom. The van der Waals surface area contributed by atoms with Crippen LogP contribution in [-0.2, 0) is 10.3 Å². The predicted molar refractivity (Wildman–Crippen MR) is 131 cm³/mol. The summed E-state index contributed by atoms with van der Waals surface area (Å²) in [6.07, 6.45) is 6.41. The number of benzene rings is 1. The van der Waals surface area contributed by atoms with Crippen LogP contribution in [0.4, 0.5) is 5.69 Å². The van der Waals surface area contributed by atoms with Gasteiger partial charge in [0.2, 0.25) is 5.91 Å². The van der Waals surface area contributed by atoms with E-state index in [0.717, 1.165) is 16.9 Å². The summed E-state index contributed by atoms with van der Waals surface area (Å²) in [6, 6.07) is 17.4. The molecule has 32 heavy (non-hydrogen) atoms. The van der Waals surface area contributed by atoms with Crippen LogP contribution >= 0.6 is 12.2 Å². The van der Waals surface area contributed by atoms with Gasteiger partial charge < -0.3 is 20.1 Å². The third kappa shape index (κ3) is 4.83. The molecule has 3 aromatic rings. The summed E-state index contributed by atoms with van der Waals surface area (Å²) in [4.78, 5) is 19.3. The topological polar surface area (TPSA) is 62.2 Å². The summed E-state index contributed by atoms with van der Waals surface area (Å²) < 4.78 is 2.21. The van der Waals surface area contributed by atoms with Crippen LogP contribution in [0.2, 0.25) is 0 Å². The first-order valence-corrected chi connectivity index (χ1v) is 11.2. The van der Waals surface area contributed by atoms with Crippen LogP contribution in [0.3, 0.4) is 0 Å². The highest BCUT2D eigenvalue weighted by molar-refractivity contribution is 7.80. The highest BCUT2D eigenvalue weighted by Gasteiger charge is 2.40. The maximum absolute atomic E-state index is 12.6. The molecule has 1 aromatic carbocycles. The fraction of sp³-hybridized carbons (Fsp3) is 0.320. The van der Waals surface area contributed by atoms with Gasteiger partial charge in [-0.15, -0.1) is 0 Å². The van der Waals surface area contributed by atoms with Crippen LogP contribution < -0.4 is 10.6 Å². The molecule has 1 saturated heterocycles. The number of hydrogen-bond donors (Lipinski definition) is 2. The van der Waals surface area contributed by atoms with E-state index in [2.05, 4.69) is 64.3 Å². The van der Waals surface area contributed by atoms with Crippen molar-refractivity contribution in [2.45, 2.75) is 44.8 Å². The molecule has 2 atom stereocenters. The molecule has 3 heterocycles. The fourth-order valence-electron chi connectivity index (χ4n) is 3.98. The standard InChI is InChI=1S/C25H29N5OS/c1-25(2,3)29-15-12-18(17-29)23-22(20-11-7-8-14-26-20)28-24(32)30(23)16-13-21(31)27-19-9-5-4-6-10-19/h4-12,14-15,17,22-23H,13,16H2,1-3H3,(H,27,31)(H,28,32)/t22-,23-/m0/s1. The third-order valence-electron chi connectivity index (χ3n) is 5.67. The van der Waals surface area contributed by atoms with Gasteiger partial charge in [-0.1, -0.05) is 24.3 Å². The van der Waals surface area contributed by atoms with E-state index in [-0.39, 0.29) is 23.5 Å². The number of nitrogens with one attached hydrogen (secondary N) is 2. The zero-order valence-corrected chi connectivity index (χ0v) is 19.5. The Labute approximate surface area is 194 Å². The molecular weight excluding hydrogens is 418 g/mol. The minimum Gasteiger partial charge on any atom is -0.352 e. The largest absolute Gasteiger partial charge is 0.352 e. The summed E-state index contributed by atoms with van der Waals surface area (Å²) in [6.45, 7) is 7.04. The van der Waals surface area contributed by atoms with Crippen molar-refractivity contribution in [3.05, 3.63) is 84.4 Å². The number of anilines is 1. The lowest BCUT2D eigenvalue weighted by atomic mass is 9.99. The summed E-state index contributed by atoms with van der Waals surface area (Å²) in [5.74, 6) is -0.0358. The molecule has 0 radical (unpaired) electrons. The van der Waals surface area contributed by atoms with Crippen molar-refractivity contribution >= 4 is 28.9 Å². The first kappa shape index (κ1) is 22.0. The number of pyridine rings is 1. The molecular formula is C25H29N5OS. The van der Waals surface area contributed by atoms with E-state index in [1.807, 2.05) is 48.5 Å². The highest BCUT2D eigenvalue weighted by atomic mass is 32.1. The number of para-hydroxylation sites is 1. The highest BCUT2D eigenvalue weighted by Crippen LogP contribution is 2.39. The average Bonchev–Trinajstić information content (AvgIpc) is 3.38. The molecule has 1 aliphatic rings. The van der Waals surface area contributed by atoms with Crippen LogP contribution in [0.25, 0.3) is 0 Å². The van der Waals surface area contributed by atoms with Gasteiger partial charge >= 0.3 is 0 Å². The zero-order valence-electron chi connectivity index (χ0n) is 18.7. The zero-order chi connectivity index (χ0) is 22.7. The van der Waals surface area contributed by atoms with Crippen LogP contribution in [0.5, 0.6) is 0 Å². The number of nitrogens with zero attached hydrogens (tertiary/aromatic N) is 3. The van der Waals surface area contributed by atoms with Crippen molar-refractivity contribution in [3.63, 3.8) is 0 Å². The van der Waals surface area contributed by atoms with Crippen molar-refractivity contribution in [2.24, 2.45) is 0 Å². The molecule has 0 aliphatic carbocycles. The van der Waals surface area contributed by atoms with Crippen molar-refractivity contribution in [1.82, 2.24) is 19.8 Å². The predicted octanol–water partition coefficient (Wildman–Crippen LogP) is 4.64. The molecule has 7 heteroatoms. The normalized spacial score (nSPS) is 18.5. The first-order valence-electron chi connectivity index (χ1n) is 10.8. The van der Waals surface area contributed by atoms with Crippen LogP contribution in [0.1, 0.15) is 50.5 Å². The Kier molecular flexibility index (Phi) is 6.28. The quantitative estimate of drug-likeness (QED) is 0.539. The van der Waals surface area contributed by atoms with Crippen molar-refractivity contribution in [2.75, 3.05) is 11.9 Å². The average molecular weight is 448 g/mol. The number of amides is 1. The van der Waals surface area contributed by atoms with Crippen LogP contribution in [-0.4, -0.2) is 32.0 Å². The number of aromatic nitrogens is 2. The molecule has 166 valence electrons. The number of rotatable bonds is 6. The van der Waals surface area contributed by atoms with Crippen molar-refractivity contribution < 1.29 is 4.79 Å². The Morgan fingerprint density at radius 2 is 1.88 bits per heavy atom. The molecule has 1 fully saturated rings. The third-order valence-corrected chi connectivity index (χ3v) is 6.02. The maximum Gasteiger partial charge on any atom is 0.226 e. The van der Waals surface area contributed by atoms with E-state index in [1.54, 1.807) is 6.20 Å². The van der Waals surface area contributed by atoms with Gasteiger partial charge in [0.05, 0.1) is 17.8 Å². The second-order valence-corrected chi connectivity index (χ2v) is 9.39. The van der Waals surface area contributed by atoms with Gasteiger partial charge in [-0.05, 0) is 68.9 Å². The lowest BCUT2D eigenvalue weighted by molar-refractivity contribution is -0.116. The Bertz CT molecular complexity index is 1070. The van der Waals surface area contributed by atoms with Gasteiger partial charge in [0, 0.05) is 42.8 Å². The van der Waals surface area contributed by atoms with E-state index >= 15 is 0 Å². The molecule has 2 aromatic heterocycles. The monoisotopic (exact) mass is 447 g/mol. The first-order chi connectivity index (χ1) is 15.3. The second kappa shape index (κ2) is 9.12. The van der Waals surface area contributed by atoms with Gasteiger partial charge in [0.25, 0.3) is 0 Å². The molecule has 6 nitrogen and oxygen atoms in total. The molecule has 1 amide bonds. The molecule has 0 unspecified atom stereocenters. The molecule has 2 N–H and O–H groups in total. The lowest BCUT2D eigenvalue weighted by Crippen LogP contribution is -2.32. The number of carbonyl (C=O) groups excluding carboxylic acids is 1. The van der Waals surface area contributed by atoms with E-state index < -0.39 is 0 Å². The molecule has 0 bridgehead atoms. The van der Waals surface area contributed by atoms with E-state index in [0.29, 0.717) is 18.1 Å². The minimum atomic E-state index is -0.0864. The van der Waals surface area contributed by atoms with Crippen molar-refractivity contribution in [3.8, 4) is 0 Å². The van der Waals surface area contributed by atoms with Crippen LogP contribution in [0.15, 0.2) is 73.2 Å². The SMILES string of the molecule is CC(C)(C)n1ccc([C@H]2[C@H](c3ccccn3)NC(=S)N2CCC(=O)Nc2ccccc2)c1. The van der Waals surface area contributed by atoms with E-state index in [9.17, 15) is 4.79 Å². The summed E-state index contributed by atoms with van der Waals surface area (Å²) >= 11 is 5.71. The molecule has 0 spiro atoms. The molecule has 1 aliphatic heterocycles. The smallest absolute Gasteiger partial charge is 0.226 e. The van der Waals surface area contributed by atoms with Crippen molar-refractivity contribution in [1.29, 1.82) is 0 Å². The molecule has 0 saturated carbocycles. The fourth-order valence-corrected chi connectivity index (χ4v) is 4.31. The van der Waals surface area contributed by atoms with Gasteiger partial charge in [-0.25, -0.2) is 0 Å². The van der Waals surface area contributed by atoms with Gasteiger partial charge in [0.1, 0.15) is 0 Å². The summed E-state index contributed by atoms with van der Waals surface area (Å²) in [5.41, 5.74) is 2.85. The Hall–Kier alpha value is -3.19. The summed E-state index contributed by atoms with van der Waals surface area (Å²) in [7, 11) is 0.